The third-order valence-electron chi connectivity index (χ3n) is 3.35. The topological polar surface area (TPSA) is 93.1 Å². The van der Waals surface area contributed by atoms with E-state index in [-0.39, 0.29) is 18.6 Å². The molecule has 1 fully saturated rings. The minimum Gasteiger partial charge on any atom is -0.479 e. The number of hydrogen-bond acceptors (Lipinski definition) is 4. The van der Waals surface area contributed by atoms with Crippen LogP contribution in [0.1, 0.15) is 20.3 Å². The monoisotopic (exact) mass is 273 g/mol. The van der Waals surface area contributed by atoms with Gasteiger partial charge in [-0.05, 0) is 33.9 Å². The molecule has 0 radical (unpaired) electrons. The number of carbonyl (C=O) groups excluding carboxylic acids is 1. The van der Waals surface area contributed by atoms with Crippen LogP contribution in [0.5, 0.6) is 0 Å². The number of urea groups is 1. The standard InChI is InChI=1S/C12H23N3O4/c1-9-7-14(3)5-4-6-15(9)11(18)13-8-12(2,19)10(16)17/h9,19H,4-8H2,1-3H3,(H,13,18)(H,16,17). The number of carboxylic acid groups (broad SMARTS) is 1. The smallest absolute Gasteiger partial charge is 0.337 e. The van der Waals surface area contributed by atoms with Crippen LogP contribution in [0.15, 0.2) is 0 Å². The minimum absolute atomic E-state index is 0.0577. The Bertz CT molecular complexity index is 346. The van der Waals surface area contributed by atoms with Crippen LogP contribution in [0.2, 0.25) is 0 Å². The highest BCUT2D eigenvalue weighted by molar-refractivity contribution is 5.79. The summed E-state index contributed by atoms with van der Waals surface area (Å²) in [7, 11) is 2.01. The molecule has 1 aliphatic rings. The van der Waals surface area contributed by atoms with Crippen LogP contribution in [0.4, 0.5) is 4.79 Å². The Morgan fingerprint density at radius 2 is 2.05 bits per heavy atom. The van der Waals surface area contributed by atoms with Gasteiger partial charge < -0.3 is 25.3 Å². The predicted octanol–water partition coefficient (Wildman–Crippen LogP) is -0.442. The molecule has 2 amide bonds. The Hall–Kier alpha value is -1.34. The molecule has 110 valence electrons. The number of nitrogens with zero attached hydrogens (tertiary/aromatic N) is 2. The number of amides is 2. The highest BCUT2D eigenvalue weighted by Crippen LogP contribution is 2.09. The van der Waals surface area contributed by atoms with Gasteiger partial charge in [0.15, 0.2) is 5.60 Å². The summed E-state index contributed by atoms with van der Waals surface area (Å²) in [4.78, 5) is 26.6. The fourth-order valence-electron chi connectivity index (χ4n) is 2.10. The van der Waals surface area contributed by atoms with Gasteiger partial charge in [0.1, 0.15) is 0 Å². The molecule has 0 bridgehead atoms. The molecule has 19 heavy (non-hydrogen) atoms. The summed E-state index contributed by atoms with van der Waals surface area (Å²) < 4.78 is 0. The summed E-state index contributed by atoms with van der Waals surface area (Å²) in [5.74, 6) is -1.35. The molecule has 1 heterocycles. The van der Waals surface area contributed by atoms with Crippen molar-refractivity contribution in [2.45, 2.75) is 31.9 Å². The maximum Gasteiger partial charge on any atom is 0.337 e. The molecule has 2 unspecified atom stereocenters. The van der Waals surface area contributed by atoms with Gasteiger partial charge in [-0.2, -0.15) is 0 Å². The molecule has 0 aromatic carbocycles. The summed E-state index contributed by atoms with van der Waals surface area (Å²) in [5.41, 5.74) is -1.94. The molecule has 7 heteroatoms. The van der Waals surface area contributed by atoms with Crippen LogP contribution >= 0.6 is 0 Å². The molecular weight excluding hydrogens is 250 g/mol. The molecule has 0 saturated carbocycles. The summed E-state index contributed by atoms with van der Waals surface area (Å²) >= 11 is 0. The van der Waals surface area contributed by atoms with E-state index >= 15 is 0 Å². The zero-order chi connectivity index (χ0) is 14.6. The Labute approximate surface area is 113 Å². The second-order valence-electron chi connectivity index (χ2n) is 5.40. The third kappa shape index (κ3) is 4.36. The van der Waals surface area contributed by atoms with E-state index in [0.29, 0.717) is 6.54 Å². The van der Waals surface area contributed by atoms with Gasteiger partial charge in [-0.1, -0.05) is 0 Å². The van der Waals surface area contributed by atoms with Gasteiger partial charge in [-0.3, -0.25) is 0 Å². The number of likely N-dealkylation sites (N-methyl/N-ethyl adjacent to an activating group) is 1. The van der Waals surface area contributed by atoms with Crippen LogP contribution < -0.4 is 5.32 Å². The zero-order valence-electron chi connectivity index (χ0n) is 11.7. The van der Waals surface area contributed by atoms with Gasteiger partial charge in [0.25, 0.3) is 0 Å². The highest BCUT2D eigenvalue weighted by atomic mass is 16.4. The van der Waals surface area contributed by atoms with Gasteiger partial charge in [-0.15, -0.1) is 0 Å². The van der Waals surface area contributed by atoms with E-state index in [1.807, 2.05) is 14.0 Å². The van der Waals surface area contributed by atoms with Crippen molar-refractivity contribution in [3.05, 3.63) is 0 Å². The van der Waals surface area contributed by atoms with Crippen LogP contribution in [0, 0.1) is 0 Å². The number of nitrogens with one attached hydrogen (secondary N) is 1. The van der Waals surface area contributed by atoms with Crippen LogP contribution in [-0.2, 0) is 4.79 Å². The van der Waals surface area contributed by atoms with Crippen LogP contribution in [0.25, 0.3) is 0 Å². The van der Waals surface area contributed by atoms with Crippen molar-refractivity contribution in [1.82, 2.24) is 15.1 Å². The summed E-state index contributed by atoms with van der Waals surface area (Å²) in [6.07, 6.45) is 0.879. The lowest BCUT2D eigenvalue weighted by atomic mass is 10.1. The van der Waals surface area contributed by atoms with Crippen molar-refractivity contribution in [2.75, 3.05) is 33.2 Å². The number of aliphatic hydroxyl groups is 1. The predicted molar refractivity (Wildman–Crippen MR) is 69.9 cm³/mol. The maximum atomic E-state index is 12.0. The first-order valence-corrected chi connectivity index (χ1v) is 6.43. The van der Waals surface area contributed by atoms with Gasteiger partial charge >= 0.3 is 12.0 Å². The average Bonchev–Trinajstić information content (AvgIpc) is 2.47. The van der Waals surface area contributed by atoms with Crippen molar-refractivity contribution >= 4 is 12.0 Å². The van der Waals surface area contributed by atoms with Gasteiger partial charge in [-0.25, -0.2) is 9.59 Å². The zero-order valence-corrected chi connectivity index (χ0v) is 11.7. The molecule has 0 spiro atoms. The molecule has 0 aliphatic carbocycles. The van der Waals surface area contributed by atoms with E-state index < -0.39 is 11.6 Å². The van der Waals surface area contributed by atoms with Crippen molar-refractivity contribution in [1.29, 1.82) is 0 Å². The van der Waals surface area contributed by atoms with E-state index in [4.69, 9.17) is 5.11 Å². The van der Waals surface area contributed by atoms with Gasteiger partial charge in [0.2, 0.25) is 0 Å². The fraction of sp³-hybridized carbons (Fsp3) is 0.833. The number of rotatable bonds is 3. The Balaban J connectivity index is 2.55. The van der Waals surface area contributed by atoms with E-state index in [0.717, 1.165) is 26.4 Å². The maximum absolute atomic E-state index is 12.0. The quantitative estimate of drug-likeness (QED) is 0.648. The Morgan fingerprint density at radius 1 is 1.42 bits per heavy atom. The molecular formula is C12H23N3O4. The first kappa shape index (κ1) is 15.7. The molecule has 0 aromatic heterocycles. The molecule has 0 aromatic rings. The first-order chi connectivity index (χ1) is 8.74. The minimum atomic E-state index is -1.94. The number of carbonyl (C=O) groups is 2. The molecule has 1 rings (SSSR count). The van der Waals surface area contributed by atoms with E-state index in [9.17, 15) is 14.7 Å². The van der Waals surface area contributed by atoms with Gasteiger partial charge in [0.05, 0.1) is 6.54 Å². The normalized spacial score (nSPS) is 24.4. The van der Waals surface area contributed by atoms with Crippen molar-refractivity contribution < 1.29 is 19.8 Å². The van der Waals surface area contributed by atoms with Crippen molar-refractivity contribution in [3.63, 3.8) is 0 Å². The summed E-state index contributed by atoms with van der Waals surface area (Å²) in [5, 5.41) is 20.8. The lowest BCUT2D eigenvalue weighted by Crippen LogP contribution is -2.52. The SMILES string of the molecule is CC1CN(C)CCCN1C(=O)NCC(C)(O)C(=O)O. The summed E-state index contributed by atoms with van der Waals surface area (Å²) in [6, 6.07) is -0.272. The van der Waals surface area contributed by atoms with E-state index in [2.05, 4.69) is 10.2 Å². The number of aliphatic carboxylic acids is 1. The molecule has 7 nitrogen and oxygen atoms in total. The molecule has 1 saturated heterocycles. The molecule has 1 aliphatic heterocycles. The summed E-state index contributed by atoms with van der Waals surface area (Å²) in [6.45, 7) is 5.16. The molecule has 3 N–H and O–H groups in total. The second-order valence-corrected chi connectivity index (χ2v) is 5.40. The first-order valence-electron chi connectivity index (χ1n) is 6.43. The van der Waals surface area contributed by atoms with Gasteiger partial charge in [0, 0.05) is 19.1 Å². The third-order valence-corrected chi connectivity index (χ3v) is 3.35. The van der Waals surface area contributed by atoms with Crippen molar-refractivity contribution in [2.24, 2.45) is 0 Å². The lowest BCUT2D eigenvalue weighted by Gasteiger charge is -2.29. The molecule has 2 atom stereocenters. The average molecular weight is 273 g/mol. The largest absolute Gasteiger partial charge is 0.479 e. The highest BCUT2D eigenvalue weighted by Gasteiger charge is 2.32. The lowest BCUT2D eigenvalue weighted by molar-refractivity contribution is -0.155. The van der Waals surface area contributed by atoms with E-state index in [1.54, 1.807) is 4.90 Å². The number of hydrogen-bond donors (Lipinski definition) is 3. The van der Waals surface area contributed by atoms with E-state index in [1.165, 1.54) is 0 Å². The van der Waals surface area contributed by atoms with Crippen molar-refractivity contribution in [3.8, 4) is 0 Å². The van der Waals surface area contributed by atoms with Crippen LogP contribution in [-0.4, -0.2) is 76.9 Å². The second kappa shape index (κ2) is 6.21. The fourth-order valence-corrected chi connectivity index (χ4v) is 2.10. The number of carboxylic acids is 1. The Morgan fingerprint density at radius 3 is 2.63 bits per heavy atom. The van der Waals surface area contributed by atoms with Crippen LogP contribution in [0.3, 0.4) is 0 Å². The Kier molecular flexibility index (Phi) is 5.13.